The molecule has 1 saturated heterocycles. The first-order valence-corrected chi connectivity index (χ1v) is 7.98. The summed E-state index contributed by atoms with van der Waals surface area (Å²) in [5.41, 5.74) is 0. The molecule has 4 heteroatoms. The van der Waals surface area contributed by atoms with Crippen LogP contribution in [-0.2, 0) is 0 Å². The van der Waals surface area contributed by atoms with Crippen molar-refractivity contribution in [3.05, 3.63) is 28.7 Å². The zero-order valence-electron chi connectivity index (χ0n) is 9.90. The number of hydrogen-bond donors (Lipinski definition) is 0. The Hall–Kier alpha value is -0.190. The third-order valence-corrected chi connectivity index (χ3v) is 4.33. The van der Waals surface area contributed by atoms with E-state index in [2.05, 4.69) is 32.6 Å². The smallest absolute Gasteiger partial charge is 0.120 e. The minimum Gasteiger partial charge on any atom is -0.492 e. The molecule has 0 atom stereocenters. The number of halogens is 1. The highest BCUT2D eigenvalue weighted by Gasteiger charge is 2.08. The van der Waals surface area contributed by atoms with Gasteiger partial charge in [-0.15, -0.1) is 0 Å². The average Bonchev–Trinajstić information content (AvgIpc) is 2.58. The molecule has 0 radical (unpaired) electrons. The Morgan fingerprint density at radius 2 is 2.24 bits per heavy atom. The summed E-state index contributed by atoms with van der Waals surface area (Å²) in [6.07, 6.45) is 1.31. The molecule has 0 aliphatic carbocycles. The van der Waals surface area contributed by atoms with Gasteiger partial charge in [0.2, 0.25) is 0 Å². The molecule has 2 nitrogen and oxygen atoms in total. The van der Waals surface area contributed by atoms with Gasteiger partial charge in [-0.1, -0.05) is 22.0 Å². The highest BCUT2D eigenvalue weighted by atomic mass is 79.9. The summed E-state index contributed by atoms with van der Waals surface area (Å²) >= 11 is 5.51. The van der Waals surface area contributed by atoms with Crippen LogP contribution in [0.15, 0.2) is 28.7 Å². The molecule has 1 fully saturated rings. The largest absolute Gasteiger partial charge is 0.492 e. The minimum atomic E-state index is 0.779. The maximum Gasteiger partial charge on any atom is 0.120 e. The lowest BCUT2D eigenvalue weighted by Gasteiger charge is -2.19. The van der Waals surface area contributed by atoms with Crippen LogP contribution in [0.5, 0.6) is 5.75 Å². The van der Waals surface area contributed by atoms with E-state index in [1.165, 1.54) is 31.0 Å². The van der Waals surface area contributed by atoms with E-state index < -0.39 is 0 Å². The van der Waals surface area contributed by atoms with Gasteiger partial charge in [-0.3, -0.25) is 4.90 Å². The minimum absolute atomic E-state index is 0.779. The summed E-state index contributed by atoms with van der Waals surface area (Å²) in [7, 11) is 0. The van der Waals surface area contributed by atoms with E-state index in [1.54, 1.807) is 0 Å². The predicted octanol–water partition coefficient (Wildman–Crippen LogP) is 3.27. The van der Waals surface area contributed by atoms with Crippen molar-refractivity contribution in [2.24, 2.45) is 0 Å². The molecule has 2 rings (SSSR count). The van der Waals surface area contributed by atoms with Crippen molar-refractivity contribution in [2.45, 2.75) is 6.42 Å². The van der Waals surface area contributed by atoms with Crippen LogP contribution in [0.4, 0.5) is 0 Å². The van der Waals surface area contributed by atoms with Crippen molar-refractivity contribution in [3.8, 4) is 5.75 Å². The van der Waals surface area contributed by atoms with Gasteiger partial charge in [0.05, 0.1) is 0 Å². The molecule has 1 aliphatic rings. The standard InChI is InChI=1S/C13H18BrNOS/c14-12-3-1-4-13(11-12)16-8-6-15-5-2-9-17-10-7-15/h1,3-4,11H,2,5-10H2. The molecule has 0 aromatic heterocycles. The number of nitrogens with zero attached hydrogens (tertiary/aromatic N) is 1. The lowest BCUT2D eigenvalue weighted by atomic mass is 10.3. The van der Waals surface area contributed by atoms with E-state index in [0.29, 0.717) is 0 Å². The SMILES string of the molecule is Brc1cccc(OCCN2CCCSCC2)c1. The lowest BCUT2D eigenvalue weighted by molar-refractivity contribution is 0.219. The van der Waals surface area contributed by atoms with Crippen LogP contribution in [-0.4, -0.2) is 42.6 Å². The number of thioether (sulfide) groups is 1. The van der Waals surface area contributed by atoms with E-state index in [9.17, 15) is 0 Å². The Bertz CT molecular complexity index is 340. The third-order valence-electron chi connectivity index (χ3n) is 2.79. The van der Waals surface area contributed by atoms with Gasteiger partial charge in [0.1, 0.15) is 12.4 Å². The fourth-order valence-corrected chi connectivity index (χ4v) is 3.17. The number of hydrogen-bond acceptors (Lipinski definition) is 3. The molecule has 0 unspecified atom stereocenters. The molecule has 0 N–H and O–H groups in total. The van der Waals surface area contributed by atoms with Gasteiger partial charge in [-0.25, -0.2) is 0 Å². The van der Waals surface area contributed by atoms with Crippen molar-refractivity contribution < 1.29 is 4.74 Å². The van der Waals surface area contributed by atoms with Crippen molar-refractivity contribution >= 4 is 27.7 Å². The molecule has 94 valence electrons. The Balaban J connectivity index is 1.71. The van der Waals surface area contributed by atoms with Crippen LogP contribution < -0.4 is 4.74 Å². The molecule has 1 aromatic rings. The molecule has 1 aliphatic heterocycles. The molecular weight excluding hydrogens is 298 g/mol. The fourth-order valence-electron chi connectivity index (χ4n) is 1.87. The maximum atomic E-state index is 5.75. The molecule has 0 spiro atoms. The average molecular weight is 316 g/mol. The number of rotatable bonds is 4. The van der Waals surface area contributed by atoms with Crippen LogP contribution in [0.1, 0.15) is 6.42 Å². The molecule has 1 aromatic carbocycles. The monoisotopic (exact) mass is 315 g/mol. The van der Waals surface area contributed by atoms with Crippen molar-refractivity contribution in [2.75, 3.05) is 37.7 Å². The van der Waals surface area contributed by atoms with Crippen molar-refractivity contribution in [1.82, 2.24) is 4.90 Å². The summed E-state index contributed by atoms with van der Waals surface area (Å²) in [5.74, 6) is 3.52. The molecular formula is C13H18BrNOS. The fraction of sp³-hybridized carbons (Fsp3) is 0.538. The zero-order valence-corrected chi connectivity index (χ0v) is 12.3. The molecule has 0 amide bonds. The zero-order chi connectivity index (χ0) is 11.9. The quantitative estimate of drug-likeness (QED) is 0.846. The van der Waals surface area contributed by atoms with E-state index in [1.807, 2.05) is 24.3 Å². The van der Waals surface area contributed by atoms with E-state index in [0.717, 1.165) is 23.4 Å². The Morgan fingerprint density at radius 1 is 1.29 bits per heavy atom. The summed E-state index contributed by atoms with van der Waals surface area (Å²) in [5, 5.41) is 0. The number of ether oxygens (including phenoxy) is 1. The summed E-state index contributed by atoms with van der Waals surface area (Å²) in [4.78, 5) is 2.50. The maximum absolute atomic E-state index is 5.75. The Kier molecular flexibility index (Phi) is 5.68. The highest BCUT2D eigenvalue weighted by Crippen LogP contribution is 2.17. The van der Waals surface area contributed by atoms with Gasteiger partial charge in [0, 0.05) is 23.3 Å². The predicted molar refractivity (Wildman–Crippen MR) is 78.0 cm³/mol. The van der Waals surface area contributed by atoms with Crippen LogP contribution in [0.3, 0.4) is 0 Å². The van der Waals surface area contributed by atoms with E-state index >= 15 is 0 Å². The van der Waals surface area contributed by atoms with Crippen LogP contribution >= 0.6 is 27.7 Å². The van der Waals surface area contributed by atoms with Gasteiger partial charge in [0.15, 0.2) is 0 Å². The van der Waals surface area contributed by atoms with Gasteiger partial charge in [-0.05, 0) is 36.9 Å². The first-order valence-electron chi connectivity index (χ1n) is 6.03. The normalized spacial score (nSPS) is 17.7. The second kappa shape index (κ2) is 7.29. The Labute approximate surface area is 116 Å². The van der Waals surface area contributed by atoms with Crippen LogP contribution in [0, 0.1) is 0 Å². The molecule has 17 heavy (non-hydrogen) atoms. The topological polar surface area (TPSA) is 12.5 Å². The van der Waals surface area contributed by atoms with E-state index in [4.69, 9.17) is 4.74 Å². The second-order valence-corrected chi connectivity index (χ2v) is 6.25. The molecule has 1 heterocycles. The second-order valence-electron chi connectivity index (χ2n) is 4.11. The molecule has 0 saturated carbocycles. The molecule has 0 bridgehead atoms. The van der Waals surface area contributed by atoms with Gasteiger partial charge in [0.25, 0.3) is 0 Å². The first kappa shape index (κ1) is 13.2. The third kappa shape index (κ3) is 4.90. The lowest BCUT2D eigenvalue weighted by Crippen LogP contribution is -2.30. The van der Waals surface area contributed by atoms with Gasteiger partial charge < -0.3 is 4.74 Å². The summed E-state index contributed by atoms with van der Waals surface area (Å²) in [6.45, 7) is 4.23. The highest BCUT2D eigenvalue weighted by molar-refractivity contribution is 9.10. The number of benzene rings is 1. The van der Waals surface area contributed by atoms with Crippen LogP contribution in [0.25, 0.3) is 0 Å². The van der Waals surface area contributed by atoms with Crippen molar-refractivity contribution in [1.29, 1.82) is 0 Å². The first-order chi connectivity index (χ1) is 8.34. The van der Waals surface area contributed by atoms with E-state index in [-0.39, 0.29) is 0 Å². The summed E-state index contributed by atoms with van der Waals surface area (Å²) in [6, 6.07) is 8.03. The van der Waals surface area contributed by atoms with Crippen LogP contribution in [0.2, 0.25) is 0 Å². The van der Waals surface area contributed by atoms with Gasteiger partial charge in [-0.2, -0.15) is 11.8 Å². The summed E-state index contributed by atoms with van der Waals surface area (Å²) < 4.78 is 6.82. The Morgan fingerprint density at radius 3 is 3.12 bits per heavy atom. The van der Waals surface area contributed by atoms with Gasteiger partial charge >= 0.3 is 0 Å². The van der Waals surface area contributed by atoms with Crippen molar-refractivity contribution in [3.63, 3.8) is 0 Å².